The SMILES string of the molecule is CC(Nc1cncc(C(=O)Nc2ccc(C#N)cc2)c1)c1ccccc1. The molecule has 2 aromatic carbocycles. The highest BCUT2D eigenvalue weighted by atomic mass is 16.1. The minimum Gasteiger partial charge on any atom is -0.377 e. The van der Waals surface area contributed by atoms with Gasteiger partial charge in [0.25, 0.3) is 5.91 Å². The number of pyridine rings is 1. The maximum Gasteiger partial charge on any atom is 0.257 e. The van der Waals surface area contributed by atoms with Gasteiger partial charge in [0.15, 0.2) is 0 Å². The molecule has 1 unspecified atom stereocenters. The molecule has 0 aliphatic rings. The lowest BCUT2D eigenvalue weighted by molar-refractivity contribution is 0.102. The van der Waals surface area contributed by atoms with E-state index in [1.807, 2.05) is 36.4 Å². The van der Waals surface area contributed by atoms with Crippen LogP contribution < -0.4 is 10.6 Å². The number of aromatic nitrogens is 1. The van der Waals surface area contributed by atoms with Crippen LogP contribution in [-0.2, 0) is 0 Å². The van der Waals surface area contributed by atoms with E-state index in [1.54, 1.807) is 36.5 Å². The molecule has 0 saturated carbocycles. The summed E-state index contributed by atoms with van der Waals surface area (Å²) < 4.78 is 0. The average Bonchev–Trinajstić information content (AvgIpc) is 2.69. The zero-order valence-electron chi connectivity index (χ0n) is 14.3. The first-order valence-electron chi connectivity index (χ1n) is 8.24. The topological polar surface area (TPSA) is 77.8 Å². The summed E-state index contributed by atoms with van der Waals surface area (Å²) in [6, 6.07) is 20.7. The number of hydrogen-bond donors (Lipinski definition) is 2. The molecule has 26 heavy (non-hydrogen) atoms. The van der Waals surface area contributed by atoms with Gasteiger partial charge in [-0.1, -0.05) is 30.3 Å². The van der Waals surface area contributed by atoms with Gasteiger partial charge in [0.1, 0.15) is 0 Å². The first-order chi connectivity index (χ1) is 12.7. The van der Waals surface area contributed by atoms with E-state index in [2.05, 4.69) is 22.5 Å². The summed E-state index contributed by atoms with van der Waals surface area (Å²) >= 11 is 0. The lowest BCUT2D eigenvalue weighted by atomic mass is 10.1. The van der Waals surface area contributed by atoms with Crippen molar-refractivity contribution in [2.24, 2.45) is 0 Å². The number of anilines is 2. The Morgan fingerprint density at radius 1 is 1.04 bits per heavy atom. The molecule has 0 saturated heterocycles. The van der Waals surface area contributed by atoms with Crippen molar-refractivity contribution in [3.63, 3.8) is 0 Å². The molecule has 0 radical (unpaired) electrons. The lowest BCUT2D eigenvalue weighted by Gasteiger charge is -2.16. The van der Waals surface area contributed by atoms with Crippen LogP contribution >= 0.6 is 0 Å². The zero-order chi connectivity index (χ0) is 18.4. The molecule has 2 N–H and O–H groups in total. The van der Waals surface area contributed by atoms with Crippen molar-refractivity contribution in [3.8, 4) is 6.07 Å². The van der Waals surface area contributed by atoms with Gasteiger partial charge in [-0.3, -0.25) is 9.78 Å². The fourth-order valence-electron chi connectivity index (χ4n) is 2.55. The Bertz CT molecular complexity index is 930. The molecular weight excluding hydrogens is 324 g/mol. The van der Waals surface area contributed by atoms with Gasteiger partial charge in [-0.25, -0.2) is 0 Å². The van der Waals surface area contributed by atoms with E-state index in [9.17, 15) is 4.79 Å². The quantitative estimate of drug-likeness (QED) is 0.721. The van der Waals surface area contributed by atoms with Crippen LogP contribution in [0.3, 0.4) is 0 Å². The number of nitrogens with one attached hydrogen (secondary N) is 2. The fraction of sp³-hybridized carbons (Fsp3) is 0.0952. The van der Waals surface area contributed by atoms with Crippen molar-refractivity contribution >= 4 is 17.3 Å². The van der Waals surface area contributed by atoms with Gasteiger partial charge in [0.05, 0.1) is 22.9 Å². The van der Waals surface area contributed by atoms with Gasteiger partial charge in [-0.15, -0.1) is 0 Å². The minimum atomic E-state index is -0.252. The van der Waals surface area contributed by atoms with E-state index in [-0.39, 0.29) is 11.9 Å². The second-order valence-corrected chi connectivity index (χ2v) is 5.88. The van der Waals surface area contributed by atoms with E-state index in [0.717, 1.165) is 11.3 Å². The van der Waals surface area contributed by atoms with Crippen molar-refractivity contribution < 1.29 is 4.79 Å². The number of hydrogen-bond acceptors (Lipinski definition) is 4. The standard InChI is InChI=1S/C21H18N4O/c1-15(17-5-3-2-4-6-17)24-20-11-18(13-23-14-20)21(26)25-19-9-7-16(12-22)8-10-19/h2-11,13-15,24H,1H3,(H,25,26). The molecular formula is C21H18N4O. The molecule has 1 atom stereocenters. The molecule has 3 aromatic rings. The van der Waals surface area contributed by atoms with Crippen LogP contribution in [0.4, 0.5) is 11.4 Å². The third-order valence-electron chi connectivity index (χ3n) is 3.96. The van der Waals surface area contributed by atoms with Gasteiger partial charge < -0.3 is 10.6 Å². The van der Waals surface area contributed by atoms with Crippen LogP contribution in [0.1, 0.15) is 34.5 Å². The van der Waals surface area contributed by atoms with Crippen LogP contribution in [0.2, 0.25) is 0 Å². The molecule has 128 valence electrons. The molecule has 0 bridgehead atoms. The maximum absolute atomic E-state index is 12.4. The first kappa shape index (κ1) is 17.2. The van der Waals surface area contributed by atoms with Crippen molar-refractivity contribution in [1.82, 2.24) is 4.98 Å². The first-order valence-corrected chi connectivity index (χ1v) is 8.24. The van der Waals surface area contributed by atoms with E-state index in [1.165, 1.54) is 6.20 Å². The highest BCUT2D eigenvalue weighted by molar-refractivity contribution is 6.04. The molecule has 0 aliphatic carbocycles. The molecule has 1 aromatic heterocycles. The molecule has 1 amide bonds. The van der Waals surface area contributed by atoms with Crippen LogP contribution in [0.5, 0.6) is 0 Å². The van der Waals surface area contributed by atoms with Crippen molar-refractivity contribution in [3.05, 3.63) is 89.7 Å². The third kappa shape index (κ3) is 4.25. The van der Waals surface area contributed by atoms with Crippen LogP contribution in [0, 0.1) is 11.3 Å². The number of nitriles is 1. The Kier molecular flexibility index (Phi) is 5.25. The highest BCUT2D eigenvalue weighted by Gasteiger charge is 2.10. The smallest absolute Gasteiger partial charge is 0.257 e. The van der Waals surface area contributed by atoms with Crippen molar-refractivity contribution in [1.29, 1.82) is 5.26 Å². The van der Waals surface area contributed by atoms with Crippen molar-refractivity contribution in [2.75, 3.05) is 10.6 Å². The lowest BCUT2D eigenvalue weighted by Crippen LogP contribution is -2.13. The molecule has 3 rings (SSSR count). The summed E-state index contributed by atoms with van der Waals surface area (Å²) in [6.45, 7) is 2.05. The Labute approximate surface area is 152 Å². The van der Waals surface area contributed by atoms with E-state index in [0.29, 0.717) is 16.8 Å². The summed E-state index contributed by atoms with van der Waals surface area (Å²) in [5, 5.41) is 15.0. The number of benzene rings is 2. The number of amides is 1. The summed E-state index contributed by atoms with van der Waals surface area (Å²) in [5.74, 6) is -0.252. The third-order valence-corrected chi connectivity index (χ3v) is 3.96. The predicted octanol–water partition coefficient (Wildman–Crippen LogP) is 4.38. The average molecular weight is 342 g/mol. The number of carbonyl (C=O) groups is 1. The summed E-state index contributed by atoms with van der Waals surface area (Å²) in [4.78, 5) is 16.6. The second-order valence-electron chi connectivity index (χ2n) is 5.88. The zero-order valence-corrected chi connectivity index (χ0v) is 14.3. The van der Waals surface area contributed by atoms with Crippen LogP contribution in [0.25, 0.3) is 0 Å². The molecule has 5 heteroatoms. The molecule has 0 fully saturated rings. The van der Waals surface area contributed by atoms with Crippen LogP contribution in [0.15, 0.2) is 73.1 Å². The maximum atomic E-state index is 12.4. The second kappa shape index (κ2) is 7.95. The summed E-state index contributed by atoms with van der Waals surface area (Å²) in [7, 11) is 0. The van der Waals surface area contributed by atoms with Gasteiger partial charge in [-0.2, -0.15) is 5.26 Å². The minimum absolute atomic E-state index is 0.0924. The van der Waals surface area contributed by atoms with Gasteiger partial charge in [0.2, 0.25) is 0 Å². The Balaban J connectivity index is 1.70. The largest absolute Gasteiger partial charge is 0.377 e. The molecule has 1 heterocycles. The van der Waals surface area contributed by atoms with Gasteiger partial charge in [-0.05, 0) is 42.8 Å². The normalized spacial score (nSPS) is 11.2. The molecule has 0 aliphatic heterocycles. The van der Waals surface area contributed by atoms with E-state index >= 15 is 0 Å². The van der Waals surface area contributed by atoms with E-state index < -0.39 is 0 Å². The van der Waals surface area contributed by atoms with Crippen molar-refractivity contribution in [2.45, 2.75) is 13.0 Å². The molecule has 5 nitrogen and oxygen atoms in total. The number of nitrogens with zero attached hydrogens (tertiary/aromatic N) is 2. The molecule has 0 spiro atoms. The fourth-order valence-corrected chi connectivity index (χ4v) is 2.55. The predicted molar refractivity (Wildman–Crippen MR) is 102 cm³/mol. The Morgan fingerprint density at radius 3 is 2.46 bits per heavy atom. The van der Waals surface area contributed by atoms with E-state index in [4.69, 9.17) is 5.26 Å². The van der Waals surface area contributed by atoms with Gasteiger partial charge >= 0.3 is 0 Å². The number of carbonyl (C=O) groups excluding carboxylic acids is 1. The highest BCUT2D eigenvalue weighted by Crippen LogP contribution is 2.19. The number of rotatable bonds is 5. The van der Waals surface area contributed by atoms with Crippen LogP contribution in [-0.4, -0.2) is 10.9 Å². The summed E-state index contributed by atoms with van der Waals surface area (Å²) in [5.41, 5.74) is 3.56. The summed E-state index contributed by atoms with van der Waals surface area (Å²) in [6.07, 6.45) is 3.22. The Morgan fingerprint density at radius 2 is 1.77 bits per heavy atom. The Hall–Kier alpha value is -3.65. The van der Waals surface area contributed by atoms with Gasteiger partial charge in [0, 0.05) is 24.1 Å². The monoisotopic (exact) mass is 342 g/mol.